The van der Waals surface area contributed by atoms with Crippen LogP contribution in [0.1, 0.15) is 31.2 Å². The van der Waals surface area contributed by atoms with E-state index in [9.17, 15) is 13.2 Å². The first-order chi connectivity index (χ1) is 17.4. The number of carbonyl (C=O) groups is 1. The highest BCUT2D eigenvalue weighted by Gasteiger charge is 2.28. The van der Waals surface area contributed by atoms with Crippen molar-refractivity contribution in [3.63, 3.8) is 0 Å². The lowest BCUT2D eigenvalue weighted by atomic mass is 9.97. The number of amides is 1. The van der Waals surface area contributed by atoms with Crippen molar-refractivity contribution in [1.29, 1.82) is 0 Å². The van der Waals surface area contributed by atoms with Gasteiger partial charge in [-0.15, -0.1) is 0 Å². The first kappa shape index (κ1) is 24.5. The number of carbonyl (C=O) groups excluding carboxylic acids is 1. The third-order valence-electron chi connectivity index (χ3n) is 7.09. The quantitative estimate of drug-likeness (QED) is 0.525. The van der Waals surface area contributed by atoms with Gasteiger partial charge < -0.3 is 15.0 Å². The lowest BCUT2D eigenvalue weighted by Gasteiger charge is -2.33. The van der Waals surface area contributed by atoms with Gasteiger partial charge in [0, 0.05) is 38.1 Å². The maximum Gasteiger partial charge on any atom is 0.243 e. The summed E-state index contributed by atoms with van der Waals surface area (Å²) in [6, 6.07) is 16.7. The Labute approximate surface area is 212 Å². The summed E-state index contributed by atoms with van der Waals surface area (Å²) in [6.45, 7) is 3.09. The monoisotopic (exact) mass is 508 g/mol. The number of nitrogens with one attached hydrogen (secondary N) is 1. The molecule has 9 heteroatoms. The molecule has 8 nitrogen and oxygen atoms in total. The summed E-state index contributed by atoms with van der Waals surface area (Å²) in [4.78, 5) is 20.1. The van der Waals surface area contributed by atoms with E-state index in [-0.39, 0.29) is 11.8 Å². The molecule has 0 spiro atoms. The van der Waals surface area contributed by atoms with Crippen molar-refractivity contribution in [3.8, 4) is 5.75 Å². The number of rotatable bonds is 7. The summed E-state index contributed by atoms with van der Waals surface area (Å²) in [7, 11) is -1.83. The Balaban J connectivity index is 1.25. The highest BCUT2D eigenvalue weighted by Crippen LogP contribution is 2.27. The number of fused-ring (bicyclic) bond motifs is 1. The van der Waals surface area contributed by atoms with E-state index in [1.165, 1.54) is 0 Å². The summed E-state index contributed by atoms with van der Waals surface area (Å²) in [5, 5.41) is 3.86. The number of benzene rings is 2. The smallest absolute Gasteiger partial charge is 0.243 e. The molecular formula is C27H32N4O4S. The fraction of sp³-hybridized carbons (Fsp3) is 0.407. The Hall–Kier alpha value is -3.17. The molecule has 36 heavy (non-hydrogen) atoms. The zero-order valence-corrected chi connectivity index (χ0v) is 21.3. The van der Waals surface area contributed by atoms with E-state index in [1.54, 1.807) is 29.6 Å². The molecule has 0 saturated carbocycles. The van der Waals surface area contributed by atoms with Gasteiger partial charge in [0.1, 0.15) is 11.6 Å². The van der Waals surface area contributed by atoms with E-state index >= 15 is 0 Å². The molecule has 2 aliphatic rings. The molecule has 2 saturated heterocycles. The minimum atomic E-state index is -3.46. The number of piperidine rings is 1. The van der Waals surface area contributed by atoms with Crippen LogP contribution in [0.3, 0.4) is 0 Å². The Morgan fingerprint density at radius 2 is 1.81 bits per heavy atom. The van der Waals surface area contributed by atoms with E-state index in [0.29, 0.717) is 31.1 Å². The molecule has 3 heterocycles. The van der Waals surface area contributed by atoms with Crippen LogP contribution in [0.5, 0.6) is 5.75 Å². The van der Waals surface area contributed by atoms with Gasteiger partial charge >= 0.3 is 0 Å². The number of pyridine rings is 1. The van der Waals surface area contributed by atoms with Crippen molar-refractivity contribution in [3.05, 3.63) is 60.2 Å². The van der Waals surface area contributed by atoms with Crippen LogP contribution in [-0.2, 0) is 21.4 Å². The Morgan fingerprint density at radius 1 is 1.03 bits per heavy atom. The van der Waals surface area contributed by atoms with Gasteiger partial charge in [-0.2, -0.15) is 4.31 Å². The van der Waals surface area contributed by atoms with Crippen LogP contribution >= 0.6 is 0 Å². The van der Waals surface area contributed by atoms with Crippen LogP contribution in [0, 0.1) is 5.92 Å². The molecule has 1 amide bonds. The Morgan fingerprint density at radius 3 is 2.56 bits per heavy atom. The highest BCUT2D eigenvalue weighted by atomic mass is 32.2. The van der Waals surface area contributed by atoms with Gasteiger partial charge in [0.05, 0.1) is 23.4 Å². The highest BCUT2D eigenvalue weighted by molar-refractivity contribution is 7.89. The van der Waals surface area contributed by atoms with Gasteiger partial charge in [-0.05, 0) is 73.7 Å². The number of anilines is 1. The molecule has 1 aromatic heterocycles. The van der Waals surface area contributed by atoms with Crippen LogP contribution in [0.15, 0.2) is 59.5 Å². The number of sulfonamides is 1. The molecule has 5 rings (SSSR count). The first-order valence-electron chi connectivity index (χ1n) is 12.5. The largest absolute Gasteiger partial charge is 0.497 e. The number of methoxy groups -OCH3 is 1. The van der Waals surface area contributed by atoms with Gasteiger partial charge in [0.25, 0.3) is 0 Å². The average Bonchev–Trinajstić information content (AvgIpc) is 3.48. The van der Waals surface area contributed by atoms with E-state index < -0.39 is 10.0 Å². The van der Waals surface area contributed by atoms with Crippen LogP contribution in [0.4, 0.5) is 5.82 Å². The zero-order chi connectivity index (χ0) is 25.1. The second-order valence-electron chi connectivity index (χ2n) is 9.49. The molecule has 0 radical (unpaired) electrons. The van der Waals surface area contributed by atoms with Crippen molar-refractivity contribution in [2.45, 2.75) is 37.1 Å². The molecule has 2 aromatic carbocycles. The SMILES string of the molecule is COc1ccc(CNC(=O)C2CCCN(c3ccc4cc(S(=O)(=O)N5CCCC5)ccc4n3)C2)cc1. The normalized spacial score (nSPS) is 18.9. The lowest BCUT2D eigenvalue weighted by molar-refractivity contribution is -0.125. The summed E-state index contributed by atoms with van der Waals surface area (Å²) < 4.78 is 32.6. The van der Waals surface area contributed by atoms with Gasteiger partial charge in [0.2, 0.25) is 15.9 Å². The van der Waals surface area contributed by atoms with Crippen molar-refractivity contribution in [1.82, 2.24) is 14.6 Å². The topological polar surface area (TPSA) is 91.8 Å². The zero-order valence-electron chi connectivity index (χ0n) is 20.5. The van der Waals surface area contributed by atoms with Gasteiger partial charge in [0.15, 0.2) is 0 Å². The molecule has 3 aromatic rings. The second-order valence-corrected chi connectivity index (χ2v) is 11.4. The predicted molar refractivity (Wildman–Crippen MR) is 140 cm³/mol. The summed E-state index contributed by atoms with van der Waals surface area (Å²) in [5.41, 5.74) is 1.78. The standard InChI is InChI=1S/C27H32N4O4S/c1-35-23-9-6-20(7-10-23)18-28-27(32)22-5-4-14-30(19-22)26-13-8-21-17-24(11-12-25(21)29-26)36(33,34)31-15-2-3-16-31/h6-13,17,22H,2-5,14-16,18-19H2,1H3,(H,28,32). The van der Waals surface area contributed by atoms with Crippen molar-refractivity contribution < 1.29 is 17.9 Å². The fourth-order valence-electron chi connectivity index (χ4n) is 4.98. The number of hydrogen-bond donors (Lipinski definition) is 1. The lowest BCUT2D eigenvalue weighted by Crippen LogP contribution is -2.43. The number of nitrogens with zero attached hydrogens (tertiary/aromatic N) is 3. The van der Waals surface area contributed by atoms with Crippen molar-refractivity contribution in [2.24, 2.45) is 5.92 Å². The molecule has 1 unspecified atom stereocenters. The molecule has 0 aliphatic carbocycles. The molecule has 2 fully saturated rings. The van der Waals surface area contributed by atoms with Crippen molar-refractivity contribution in [2.75, 3.05) is 38.2 Å². The Bertz CT molecular complexity index is 1340. The van der Waals surface area contributed by atoms with E-state index in [2.05, 4.69) is 10.2 Å². The van der Waals surface area contributed by atoms with Gasteiger partial charge in [-0.25, -0.2) is 13.4 Å². The summed E-state index contributed by atoms with van der Waals surface area (Å²) in [5.74, 6) is 1.54. The average molecular weight is 509 g/mol. The molecule has 0 bridgehead atoms. The number of hydrogen-bond acceptors (Lipinski definition) is 6. The maximum absolute atomic E-state index is 12.9. The van der Waals surface area contributed by atoms with E-state index in [0.717, 1.165) is 60.3 Å². The van der Waals surface area contributed by atoms with Crippen LogP contribution in [-0.4, -0.2) is 56.9 Å². The fourth-order valence-corrected chi connectivity index (χ4v) is 6.54. The van der Waals surface area contributed by atoms with Gasteiger partial charge in [-0.1, -0.05) is 12.1 Å². The maximum atomic E-state index is 12.9. The predicted octanol–water partition coefficient (Wildman–Crippen LogP) is 3.56. The summed E-state index contributed by atoms with van der Waals surface area (Å²) in [6.07, 6.45) is 3.58. The summed E-state index contributed by atoms with van der Waals surface area (Å²) >= 11 is 0. The van der Waals surface area contributed by atoms with E-state index in [1.807, 2.05) is 36.4 Å². The van der Waals surface area contributed by atoms with Crippen LogP contribution in [0.2, 0.25) is 0 Å². The minimum Gasteiger partial charge on any atom is -0.497 e. The van der Waals surface area contributed by atoms with Gasteiger partial charge in [-0.3, -0.25) is 4.79 Å². The van der Waals surface area contributed by atoms with Crippen LogP contribution in [0.25, 0.3) is 10.9 Å². The Kier molecular flexibility index (Phi) is 7.11. The van der Waals surface area contributed by atoms with Crippen LogP contribution < -0.4 is 15.0 Å². The molecule has 1 N–H and O–H groups in total. The number of ether oxygens (including phenoxy) is 1. The second kappa shape index (κ2) is 10.4. The first-order valence-corrected chi connectivity index (χ1v) is 13.9. The van der Waals surface area contributed by atoms with Crippen molar-refractivity contribution >= 4 is 32.7 Å². The third-order valence-corrected chi connectivity index (χ3v) is 8.99. The van der Waals surface area contributed by atoms with E-state index in [4.69, 9.17) is 9.72 Å². The molecular weight excluding hydrogens is 476 g/mol. The molecule has 2 aliphatic heterocycles. The molecule has 190 valence electrons. The minimum absolute atomic E-state index is 0.0491. The number of aromatic nitrogens is 1. The third kappa shape index (κ3) is 5.17. The molecule has 1 atom stereocenters.